The summed E-state index contributed by atoms with van der Waals surface area (Å²) in [6, 6.07) is 9.92. The molecule has 1 unspecified atom stereocenters. The molecule has 2 heterocycles. The zero-order valence-corrected chi connectivity index (χ0v) is 11.7. The van der Waals surface area contributed by atoms with E-state index in [1.807, 2.05) is 49.0 Å². The van der Waals surface area contributed by atoms with Crippen LogP contribution in [0.3, 0.4) is 0 Å². The fraction of sp³-hybridized carbons (Fsp3) is 0.333. The van der Waals surface area contributed by atoms with Gasteiger partial charge in [0.05, 0.1) is 10.9 Å². The van der Waals surface area contributed by atoms with Crippen LogP contribution in [0, 0.1) is 6.92 Å². The standard InChI is InChI=1S/C15H16N2OS/c1-10-13(11-6-3-2-4-7-11)16-14(17-15(10)18)12-8-5-9-19-12/h2-4,6-7,12H,5,8-9H2,1H3,(H,16,17,18). The molecule has 0 saturated carbocycles. The summed E-state index contributed by atoms with van der Waals surface area (Å²) < 4.78 is 0. The molecule has 3 nitrogen and oxygen atoms in total. The van der Waals surface area contributed by atoms with Crippen molar-refractivity contribution in [2.24, 2.45) is 0 Å². The molecule has 1 atom stereocenters. The van der Waals surface area contributed by atoms with Gasteiger partial charge in [0.15, 0.2) is 0 Å². The van der Waals surface area contributed by atoms with Crippen molar-refractivity contribution in [3.8, 4) is 11.3 Å². The van der Waals surface area contributed by atoms with Crippen molar-refractivity contribution >= 4 is 11.8 Å². The molecule has 98 valence electrons. The Bertz CT molecular complexity index is 630. The van der Waals surface area contributed by atoms with E-state index in [9.17, 15) is 4.79 Å². The molecule has 0 aliphatic carbocycles. The summed E-state index contributed by atoms with van der Waals surface area (Å²) in [7, 11) is 0. The number of nitrogens with zero attached hydrogens (tertiary/aromatic N) is 1. The summed E-state index contributed by atoms with van der Waals surface area (Å²) in [5.41, 5.74) is 2.50. The van der Waals surface area contributed by atoms with Crippen LogP contribution in [-0.2, 0) is 0 Å². The average Bonchev–Trinajstić information content (AvgIpc) is 2.97. The molecule has 19 heavy (non-hydrogen) atoms. The van der Waals surface area contributed by atoms with E-state index in [4.69, 9.17) is 4.98 Å². The second-order valence-electron chi connectivity index (χ2n) is 4.79. The van der Waals surface area contributed by atoms with Crippen LogP contribution in [0.4, 0.5) is 0 Å². The first kappa shape index (κ1) is 12.5. The smallest absolute Gasteiger partial charge is 0.254 e. The van der Waals surface area contributed by atoms with Gasteiger partial charge in [0, 0.05) is 11.1 Å². The highest BCUT2D eigenvalue weighted by Gasteiger charge is 2.21. The fourth-order valence-electron chi connectivity index (χ4n) is 2.37. The van der Waals surface area contributed by atoms with E-state index in [1.165, 1.54) is 6.42 Å². The predicted molar refractivity (Wildman–Crippen MR) is 79.5 cm³/mol. The maximum atomic E-state index is 12.1. The summed E-state index contributed by atoms with van der Waals surface area (Å²) in [6.07, 6.45) is 2.30. The van der Waals surface area contributed by atoms with Gasteiger partial charge in [0.2, 0.25) is 0 Å². The van der Waals surface area contributed by atoms with E-state index < -0.39 is 0 Å². The average molecular weight is 272 g/mol. The summed E-state index contributed by atoms with van der Waals surface area (Å²) in [5, 5.41) is 0.343. The lowest BCUT2D eigenvalue weighted by atomic mass is 10.1. The number of benzene rings is 1. The van der Waals surface area contributed by atoms with Crippen molar-refractivity contribution in [1.82, 2.24) is 9.97 Å². The highest BCUT2D eigenvalue weighted by molar-refractivity contribution is 7.99. The summed E-state index contributed by atoms with van der Waals surface area (Å²) >= 11 is 1.88. The second kappa shape index (κ2) is 5.21. The molecule has 0 bridgehead atoms. The second-order valence-corrected chi connectivity index (χ2v) is 6.10. The summed E-state index contributed by atoms with van der Waals surface area (Å²) in [6.45, 7) is 1.83. The van der Waals surface area contributed by atoms with Crippen LogP contribution in [0.2, 0.25) is 0 Å². The molecule has 3 rings (SSSR count). The number of rotatable bonds is 2. The molecule has 2 aromatic rings. The highest BCUT2D eigenvalue weighted by atomic mass is 32.2. The van der Waals surface area contributed by atoms with Crippen LogP contribution in [0.5, 0.6) is 0 Å². The van der Waals surface area contributed by atoms with Gasteiger partial charge in [0.1, 0.15) is 5.82 Å². The minimum atomic E-state index is -0.0173. The third-order valence-electron chi connectivity index (χ3n) is 3.45. The van der Waals surface area contributed by atoms with Crippen LogP contribution < -0.4 is 5.56 Å². The molecule has 1 fully saturated rings. The third-order valence-corrected chi connectivity index (χ3v) is 4.84. The quantitative estimate of drug-likeness (QED) is 0.912. The van der Waals surface area contributed by atoms with Gasteiger partial charge in [-0.05, 0) is 25.5 Å². The minimum absolute atomic E-state index is 0.0173. The van der Waals surface area contributed by atoms with E-state index in [1.54, 1.807) is 0 Å². The van der Waals surface area contributed by atoms with E-state index in [0.29, 0.717) is 10.8 Å². The Morgan fingerprint density at radius 1 is 1.32 bits per heavy atom. The van der Waals surface area contributed by atoms with Gasteiger partial charge in [-0.1, -0.05) is 30.3 Å². The molecule has 0 amide bonds. The van der Waals surface area contributed by atoms with Crippen molar-refractivity contribution in [2.45, 2.75) is 25.0 Å². The molecule has 1 aliphatic rings. The lowest BCUT2D eigenvalue weighted by molar-refractivity contribution is 0.770. The summed E-state index contributed by atoms with van der Waals surface area (Å²) in [4.78, 5) is 19.7. The molecule has 1 aromatic heterocycles. The van der Waals surface area contributed by atoms with Crippen molar-refractivity contribution in [1.29, 1.82) is 0 Å². The number of thioether (sulfide) groups is 1. The van der Waals surface area contributed by atoms with Gasteiger partial charge in [0.25, 0.3) is 5.56 Å². The molecule has 4 heteroatoms. The van der Waals surface area contributed by atoms with Crippen molar-refractivity contribution in [3.05, 3.63) is 52.1 Å². The van der Waals surface area contributed by atoms with E-state index in [0.717, 1.165) is 29.3 Å². The largest absolute Gasteiger partial charge is 0.309 e. The number of hydrogen-bond donors (Lipinski definition) is 1. The first-order chi connectivity index (χ1) is 9.25. The van der Waals surface area contributed by atoms with Crippen molar-refractivity contribution in [3.63, 3.8) is 0 Å². The van der Waals surface area contributed by atoms with Gasteiger partial charge >= 0.3 is 0 Å². The Kier molecular flexibility index (Phi) is 3.42. The molecule has 1 N–H and O–H groups in total. The first-order valence-corrected chi connectivity index (χ1v) is 7.58. The fourth-order valence-corrected chi connectivity index (χ4v) is 3.59. The normalized spacial score (nSPS) is 18.7. The Morgan fingerprint density at radius 3 is 2.79 bits per heavy atom. The Labute approximate surface area is 116 Å². The van der Waals surface area contributed by atoms with Gasteiger partial charge in [-0.2, -0.15) is 11.8 Å². The predicted octanol–water partition coefficient (Wildman–Crippen LogP) is 3.31. The van der Waals surface area contributed by atoms with Crippen LogP contribution in [-0.4, -0.2) is 15.7 Å². The zero-order valence-electron chi connectivity index (χ0n) is 10.8. The molecule has 1 aliphatic heterocycles. The molecule has 1 aromatic carbocycles. The molecule has 0 spiro atoms. The van der Waals surface area contributed by atoms with Crippen molar-refractivity contribution < 1.29 is 0 Å². The Morgan fingerprint density at radius 2 is 2.11 bits per heavy atom. The maximum Gasteiger partial charge on any atom is 0.254 e. The van der Waals surface area contributed by atoms with Crippen LogP contribution >= 0.6 is 11.8 Å². The lowest BCUT2D eigenvalue weighted by Gasteiger charge is -2.11. The number of aromatic nitrogens is 2. The SMILES string of the molecule is Cc1c(-c2ccccc2)nc(C2CCCS2)[nH]c1=O. The minimum Gasteiger partial charge on any atom is -0.309 e. The van der Waals surface area contributed by atoms with Gasteiger partial charge in [-0.25, -0.2) is 4.98 Å². The summed E-state index contributed by atoms with van der Waals surface area (Å²) in [5.74, 6) is 1.99. The van der Waals surface area contributed by atoms with Crippen LogP contribution in [0.1, 0.15) is 29.5 Å². The van der Waals surface area contributed by atoms with E-state index >= 15 is 0 Å². The number of H-pyrrole nitrogens is 1. The topological polar surface area (TPSA) is 45.8 Å². The third kappa shape index (κ3) is 2.45. The zero-order chi connectivity index (χ0) is 13.2. The molecule has 1 saturated heterocycles. The lowest BCUT2D eigenvalue weighted by Crippen LogP contribution is -2.17. The van der Waals surface area contributed by atoms with Gasteiger partial charge in [-0.15, -0.1) is 0 Å². The number of hydrogen-bond acceptors (Lipinski definition) is 3. The maximum absolute atomic E-state index is 12.1. The van der Waals surface area contributed by atoms with Gasteiger partial charge in [-0.3, -0.25) is 4.79 Å². The van der Waals surface area contributed by atoms with E-state index in [2.05, 4.69) is 4.98 Å². The monoisotopic (exact) mass is 272 g/mol. The Hall–Kier alpha value is -1.55. The first-order valence-electron chi connectivity index (χ1n) is 6.53. The number of aromatic amines is 1. The molecule has 0 radical (unpaired) electrons. The van der Waals surface area contributed by atoms with E-state index in [-0.39, 0.29) is 5.56 Å². The van der Waals surface area contributed by atoms with Crippen LogP contribution in [0.15, 0.2) is 35.1 Å². The highest BCUT2D eigenvalue weighted by Crippen LogP contribution is 2.38. The van der Waals surface area contributed by atoms with Crippen LogP contribution in [0.25, 0.3) is 11.3 Å². The Balaban J connectivity index is 2.11. The molecular formula is C15H16N2OS. The van der Waals surface area contributed by atoms with Gasteiger partial charge < -0.3 is 4.98 Å². The molecular weight excluding hydrogens is 256 g/mol. The number of nitrogens with one attached hydrogen (secondary N) is 1. The van der Waals surface area contributed by atoms with Crippen molar-refractivity contribution in [2.75, 3.05) is 5.75 Å².